The van der Waals surface area contributed by atoms with Crippen molar-refractivity contribution in [2.45, 2.75) is 19.4 Å². The average molecular weight is 312 g/mol. The number of aryl methyl sites for hydroxylation is 1. The third-order valence-corrected chi connectivity index (χ3v) is 4.10. The number of likely N-dealkylation sites (N-methyl/N-ethyl adjacent to an activating group) is 1. The van der Waals surface area contributed by atoms with E-state index in [1.165, 1.54) is 0 Å². The van der Waals surface area contributed by atoms with Gasteiger partial charge in [0.25, 0.3) is 0 Å². The fourth-order valence-electron chi connectivity index (χ4n) is 2.20. The van der Waals surface area contributed by atoms with Gasteiger partial charge in [-0.05, 0) is 49.2 Å². The molecule has 2 aromatic rings. The van der Waals surface area contributed by atoms with E-state index < -0.39 is 0 Å². The predicted molar refractivity (Wildman–Crippen MR) is 83.1 cm³/mol. The maximum atomic E-state index is 14.0. The lowest BCUT2D eigenvalue weighted by atomic mass is 9.97. The number of benzene rings is 2. The van der Waals surface area contributed by atoms with Gasteiger partial charge in [-0.2, -0.15) is 0 Å². The Bertz CT molecular complexity index is 613. The molecule has 0 spiro atoms. The van der Waals surface area contributed by atoms with Gasteiger partial charge in [0.1, 0.15) is 5.82 Å². The summed E-state index contributed by atoms with van der Waals surface area (Å²) in [6.07, 6.45) is 0.532. The Morgan fingerprint density at radius 2 is 1.90 bits per heavy atom. The van der Waals surface area contributed by atoms with Crippen molar-refractivity contribution in [2.75, 3.05) is 7.05 Å². The van der Waals surface area contributed by atoms with Gasteiger partial charge in [-0.1, -0.05) is 47.5 Å². The van der Waals surface area contributed by atoms with Crippen LogP contribution < -0.4 is 5.32 Å². The van der Waals surface area contributed by atoms with Crippen LogP contribution in [0.2, 0.25) is 10.0 Å². The first-order chi connectivity index (χ1) is 9.52. The first kappa shape index (κ1) is 15.3. The normalized spacial score (nSPS) is 12.4. The van der Waals surface area contributed by atoms with Crippen molar-refractivity contribution in [1.82, 2.24) is 5.32 Å². The fourth-order valence-corrected chi connectivity index (χ4v) is 2.51. The molecule has 0 aromatic heterocycles. The maximum Gasteiger partial charge on any atom is 0.145 e. The molecule has 0 bridgehead atoms. The van der Waals surface area contributed by atoms with Gasteiger partial charge in [0, 0.05) is 11.1 Å². The second kappa shape index (κ2) is 6.57. The molecule has 106 valence electrons. The molecule has 1 nitrogen and oxygen atoms in total. The standard InChI is InChI=1S/C16H16Cl2FN/c1-10-8-11(6-7-13(10)17)15(20-2)9-12-4-3-5-14(18)16(12)19/h3-8,15,20H,9H2,1-2H3. The van der Waals surface area contributed by atoms with Crippen LogP contribution in [0.1, 0.15) is 22.7 Å². The van der Waals surface area contributed by atoms with Crippen LogP contribution in [-0.4, -0.2) is 7.05 Å². The molecule has 0 aliphatic heterocycles. The highest BCUT2D eigenvalue weighted by atomic mass is 35.5. The van der Waals surface area contributed by atoms with Crippen LogP contribution in [0.15, 0.2) is 36.4 Å². The molecule has 0 aliphatic carbocycles. The average Bonchev–Trinajstić information content (AvgIpc) is 2.44. The molecule has 2 rings (SSSR count). The van der Waals surface area contributed by atoms with Gasteiger partial charge < -0.3 is 5.32 Å². The summed E-state index contributed by atoms with van der Waals surface area (Å²) in [5.74, 6) is -0.347. The van der Waals surface area contributed by atoms with E-state index in [0.29, 0.717) is 12.0 Å². The van der Waals surface area contributed by atoms with E-state index >= 15 is 0 Å². The van der Waals surface area contributed by atoms with E-state index in [2.05, 4.69) is 5.32 Å². The largest absolute Gasteiger partial charge is 0.313 e. The molecule has 0 saturated carbocycles. The van der Waals surface area contributed by atoms with E-state index in [4.69, 9.17) is 23.2 Å². The molecule has 2 aromatic carbocycles. The van der Waals surface area contributed by atoms with Crippen molar-refractivity contribution >= 4 is 23.2 Å². The van der Waals surface area contributed by atoms with E-state index in [1.54, 1.807) is 18.2 Å². The summed E-state index contributed by atoms with van der Waals surface area (Å²) in [5, 5.41) is 4.10. The minimum atomic E-state index is -0.347. The zero-order chi connectivity index (χ0) is 14.7. The molecule has 1 N–H and O–H groups in total. The van der Waals surface area contributed by atoms with E-state index in [9.17, 15) is 4.39 Å². The van der Waals surface area contributed by atoms with Crippen LogP contribution in [0, 0.1) is 12.7 Å². The number of halogens is 3. The van der Waals surface area contributed by atoms with Gasteiger partial charge >= 0.3 is 0 Å². The molecule has 0 fully saturated rings. The van der Waals surface area contributed by atoms with Crippen LogP contribution >= 0.6 is 23.2 Å². The summed E-state index contributed by atoms with van der Waals surface area (Å²) in [6.45, 7) is 1.96. The summed E-state index contributed by atoms with van der Waals surface area (Å²) in [6, 6.07) is 10.9. The topological polar surface area (TPSA) is 12.0 Å². The third-order valence-electron chi connectivity index (χ3n) is 3.39. The lowest BCUT2D eigenvalue weighted by Crippen LogP contribution is -2.19. The molecule has 0 radical (unpaired) electrons. The first-order valence-corrected chi connectivity index (χ1v) is 7.14. The van der Waals surface area contributed by atoms with Crippen LogP contribution in [-0.2, 0) is 6.42 Å². The Hall–Kier alpha value is -1.09. The number of nitrogens with one attached hydrogen (secondary N) is 1. The molecule has 4 heteroatoms. The Labute approximate surface area is 128 Å². The summed E-state index contributed by atoms with van der Waals surface area (Å²) in [4.78, 5) is 0. The highest BCUT2D eigenvalue weighted by Gasteiger charge is 2.15. The lowest BCUT2D eigenvalue weighted by molar-refractivity contribution is 0.554. The number of hydrogen-bond donors (Lipinski definition) is 1. The predicted octanol–water partition coefficient (Wildman–Crippen LogP) is 4.94. The number of hydrogen-bond acceptors (Lipinski definition) is 1. The Balaban J connectivity index is 2.28. The van der Waals surface area contributed by atoms with Crippen molar-refractivity contribution in [2.24, 2.45) is 0 Å². The molecule has 0 saturated heterocycles. The third kappa shape index (κ3) is 3.32. The highest BCUT2D eigenvalue weighted by molar-refractivity contribution is 6.31. The molecule has 1 atom stereocenters. The summed E-state index contributed by atoms with van der Waals surface area (Å²) in [5.41, 5.74) is 2.69. The Morgan fingerprint density at radius 3 is 2.55 bits per heavy atom. The minimum Gasteiger partial charge on any atom is -0.313 e. The van der Waals surface area contributed by atoms with Crippen molar-refractivity contribution < 1.29 is 4.39 Å². The van der Waals surface area contributed by atoms with Crippen molar-refractivity contribution in [3.05, 3.63) is 69.0 Å². The summed E-state index contributed by atoms with van der Waals surface area (Å²) >= 11 is 11.9. The van der Waals surface area contributed by atoms with Gasteiger partial charge in [-0.25, -0.2) is 4.39 Å². The minimum absolute atomic E-state index is 0.0129. The zero-order valence-corrected chi connectivity index (χ0v) is 12.9. The van der Waals surface area contributed by atoms with E-state index in [-0.39, 0.29) is 16.9 Å². The van der Waals surface area contributed by atoms with Crippen LogP contribution in [0.4, 0.5) is 4.39 Å². The zero-order valence-electron chi connectivity index (χ0n) is 11.4. The van der Waals surface area contributed by atoms with Gasteiger partial charge in [0.2, 0.25) is 0 Å². The molecule has 0 aliphatic rings. The van der Waals surface area contributed by atoms with Gasteiger partial charge in [-0.3, -0.25) is 0 Å². The fraction of sp³-hybridized carbons (Fsp3) is 0.250. The SMILES string of the molecule is CNC(Cc1cccc(Cl)c1F)c1ccc(Cl)c(C)c1. The second-order valence-corrected chi connectivity index (χ2v) is 5.58. The molecule has 1 unspecified atom stereocenters. The van der Waals surface area contributed by atoms with Crippen LogP contribution in [0.5, 0.6) is 0 Å². The first-order valence-electron chi connectivity index (χ1n) is 6.39. The second-order valence-electron chi connectivity index (χ2n) is 4.77. The molecule has 0 amide bonds. The highest BCUT2D eigenvalue weighted by Crippen LogP contribution is 2.26. The Kier molecular flexibility index (Phi) is 5.03. The summed E-state index contributed by atoms with van der Waals surface area (Å²) in [7, 11) is 1.86. The molecule has 0 heterocycles. The van der Waals surface area contributed by atoms with E-state index in [1.807, 2.05) is 32.2 Å². The van der Waals surface area contributed by atoms with Crippen molar-refractivity contribution in [1.29, 1.82) is 0 Å². The van der Waals surface area contributed by atoms with Gasteiger partial charge in [-0.15, -0.1) is 0 Å². The summed E-state index contributed by atoms with van der Waals surface area (Å²) < 4.78 is 14.0. The van der Waals surface area contributed by atoms with Gasteiger partial charge in [0.15, 0.2) is 0 Å². The van der Waals surface area contributed by atoms with Crippen molar-refractivity contribution in [3.8, 4) is 0 Å². The lowest BCUT2D eigenvalue weighted by Gasteiger charge is -2.18. The van der Waals surface area contributed by atoms with Crippen LogP contribution in [0.25, 0.3) is 0 Å². The number of rotatable bonds is 4. The van der Waals surface area contributed by atoms with Gasteiger partial charge in [0.05, 0.1) is 5.02 Å². The smallest absolute Gasteiger partial charge is 0.145 e. The quantitative estimate of drug-likeness (QED) is 0.843. The van der Waals surface area contributed by atoms with E-state index in [0.717, 1.165) is 16.1 Å². The monoisotopic (exact) mass is 311 g/mol. The molecular formula is C16H16Cl2FN. The van der Waals surface area contributed by atoms with Crippen LogP contribution in [0.3, 0.4) is 0 Å². The van der Waals surface area contributed by atoms with Crippen molar-refractivity contribution in [3.63, 3.8) is 0 Å². The maximum absolute atomic E-state index is 14.0. The molecule has 20 heavy (non-hydrogen) atoms. The Morgan fingerprint density at radius 1 is 1.15 bits per heavy atom. The molecular weight excluding hydrogens is 296 g/mol.